The molecule has 1 aromatic rings. The average Bonchev–Trinajstić information content (AvgIpc) is 2.98. The second-order valence-electron chi connectivity index (χ2n) is 5.81. The number of nitrogens with zero attached hydrogens (tertiary/aromatic N) is 1. The molecule has 1 aliphatic rings. The Labute approximate surface area is 118 Å². The molecule has 0 aromatic heterocycles. The third-order valence-electron chi connectivity index (χ3n) is 3.88. The van der Waals surface area contributed by atoms with Crippen LogP contribution in [0.15, 0.2) is 23.4 Å². The second-order valence-corrected chi connectivity index (χ2v) is 6.22. The minimum Gasteiger partial charge on any atom is -0.409 e. The van der Waals surface area contributed by atoms with Crippen LogP contribution in [0.3, 0.4) is 0 Å². The summed E-state index contributed by atoms with van der Waals surface area (Å²) in [6, 6.07) is 5.43. The van der Waals surface area contributed by atoms with E-state index in [4.69, 9.17) is 22.5 Å². The Morgan fingerprint density at radius 1 is 1.58 bits per heavy atom. The molecule has 4 nitrogen and oxygen atoms in total. The van der Waals surface area contributed by atoms with E-state index >= 15 is 0 Å². The van der Waals surface area contributed by atoms with E-state index in [1.54, 1.807) is 12.1 Å². The highest BCUT2D eigenvalue weighted by Gasteiger charge is 2.44. The highest BCUT2D eigenvalue weighted by Crippen LogP contribution is 2.50. The first-order valence-corrected chi connectivity index (χ1v) is 6.79. The number of halogens is 1. The van der Waals surface area contributed by atoms with Crippen molar-refractivity contribution in [3.05, 3.63) is 34.3 Å². The molecule has 0 amide bonds. The van der Waals surface area contributed by atoms with Crippen LogP contribution in [0.4, 0.5) is 0 Å². The molecule has 104 valence electrons. The third-order valence-corrected chi connectivity index (χ3v) is 4.23. The fourth-order valence-corrected chi connectivity index (χ4v) is 2.46. The Hall–Kier alpha value is -1.26. The lowest BCUT2D eigenvalue weighted by Gasteiger charge is -2.09. The fourth-order valence-electron chi connectivity index (χ4n) is 2.21. The number of nitrogens with two attached hydrogens (primary N) is 1. The Morgan fingerprint density at radius 3 is 2.79 bits per heavy atom. The van der Waals surface area contributed by atoms with Crippen molar-refractivity contribution in [3.8, 4) is 0 Å². The van der Waals surface area contributed by atoms with E-state index in [1.165, 1.54) is 6.42 Å². The van der Waals surface area contributed by atoms with Crippen LogP contribution in [0.2, 0.25) is 5.02 Å². The van der Waals surface area contributed by atoms with Crippen molar-refractivity contribution in [1.29, 1.82) is 0 Å². The van der Waals surface area contributed by atoms with Gasteiger partial charge in [-0.1, -0.05) is 42.7 Å². The Balaban J connectivity index is 1.91. The van der Waals surface area contributed by atoms with Crippen LogP contribution in [-0.4, -0.2) is 17.6 Å². The van der Waals surface area contributed by atoms with Gasteiger partial charge in [-0.3, -0.25) is 0 Å². The standard InChI is InChI=1S/C14H20ClN3O/c1-14(2)6-11(14)8-17-7-10-4-3-9(5-12(10)15)13(16)18-19/h3-5,11,17,19H,6-8H2,1-2H3,(H2,16,18). The molecule has 0 spiro atoms. The number of benzene rings is 1. The molecule has 1 fully saturated rings. The molecule has 0 bridgehead atoms. The molecular formula is C14H20ClN3O. The third kappa shape index (κ3) is 3.39. The summed E-state index contributed by atoms with van der Waals surface area (Å²) in [7, 11) is 0. The lowest BCUT2D eigenvalue weighted by Crippen LogP contribution is -2.19. The van der Waals surface area contributed by atoms with E-state index < -0.39 is 0 Å². The number of rotatable bonds is 5. The number of oxime groups is 1. The van der Waals surface area contributed by atoms with E-state index in [9.17, 15) is 0 Å². The quantitative estimate of drug-likeness (QED) is 0.336. The largest absolute Gasteiger partial charge is 0.409 e. The highest BCUT2D eigenvalue weighted by atomic mass is 35.5. The van der Waals surface area contributed by atoms with Gasteiger partial charge in [-0.15, -0.1) is 0 Å². The predicted molar refractivity (Wildman–Crippen MR) is 77.6 cm³/mol. The summed E-state index contributed by atoms with van der Waals surface area (Å²) in [6.45, 7) is 6.34. The molecule has 0 saturated heterocycles. The maximum absolute atomic E-state index is 8.61. The average molecular weight is 282 g/mol. The van der Waals surface area contributed by atoms with E-state index in [0.29, 0.717) is 16.0 Å². The van der Waals surface area contributed by atoms with Crippen LogP contribution in [0.1, 0.15) is 31.4 Å². The van der Waals surface area contributed by atoms with Crippen molar-refractivity contribution >= 4 is 17.4 Å². The summed E-state index contributed by atoms with van der Waals surface area (Å²) in [5, 5.41) is 15.6. The smallest absolute Gasteiger partial charge is 0.170 e. The van der Waals surface area contributed by atoms with Gasteiger partial charge in [-0.2, -0.15) is 0 Å². The first-order chi connectivity index (χ1) is 8.94. The van der Waals surface area contributed by atoms with Gasteiger partial charge in [0.25, 0.3) is 0 Å². The zero-order valence-electron chi connectivity index (χ0n) is 11.3. The maximum Gasteiger partial charge on any atom is 0.170 e. The van der Waals surface area contributed by atoms with Gasteiger partial charge in [-0.25, -0.2) is 0 Å². The number of amidine groups is 1. The maximum atomic E-state index is 8.61. The summed E-state index contributed by atoms with van der Waals surface area (Å²) in [5.41, 5.74) is 7.66. The summed E-state index contributed by atoms with van der Waals surface area (Å²) in [5.74, 6) is 0.837. The monoisotopic (exact) mass is 281 g/mol. The van der Waals surface area contributed by atoms with Crippen LogP contribution in [0.5, 0.6) is 0 Å². The van der Waals surface area contributed by atoms with E-state index in [1.807, 2.05) is 6.07 Å². The summed E-state index contributed by atoms with van der Waals surface area (Å²) < 4.78 is 0. The zero-order chi connectivity index (χ0) is 14.0. The van der Waals surface area contributed by atoms with E-state index in [2.05, 4.69) is 24.3 Å². The van der Waals surface area contributed by atoms with Crippen molar-refractivity contribution in [1.82, 2.24) is 5.32 Å². The number of hydrogen-bond donors (Lipinski definition) is 3. The first kappa shape index (κ1) is 14.2. The van der Waals surface area contributed by atoms with Gasteiger partial charge < -0.3 is 16.3 Å². The molecule has 0 aliphatic heterocycles. The summed E-state index contributed by atoms with van der Waals surface area (Å²) in [6.07, 6.45) is 1.29. The van der Waals surface area contributed by atoms with Crippen molar-refractivity contribution in [2.24, 2.45) is 22.2 Å². The van der Waals surface area contributed by atoms with Gasteiger partial charge in [0.1, 0.15) is 0 Å². The molecule has 2 rings (SSSR count). The normalized spacial score (nSPS) is 21.4. The van der Waals surface area contributed by atoms with Crippen molar-refractivity contribution in [3.63, 3.8) is 0 Å². The number of nitrogens with one attached hydrogen (secondary N) is 1. The lowest BCUT2D eigenvalue weighted by atomic mass is 10.1. The topological polar surface area (TPSA) is 70.6 Å². The van der Waals surface area contributed by atoms with Crippen molar-refractivity contribution in [2.45, 2.75) is 26.8 Å². The van der Waals surface area contributed by atoms with Crippen LogP contribution in [0.25, 0.3) is 0 Å². The molecule has 1 unspecified atom stereocenters. The Morgan fingerprint density at radius 2 is 2.26 bits per heavy atom. The Bertz CT molecular complexity index is 499. The molecule has 1 saturated carbocycles. The van der Waals surface area contributed by atoms with Gasteiger partial charge in [0.15, 0.2) is 5.84 Å². The molecule has 4 N–H and O–H groups in total. The molecule has 0 radical (unpaired) electrons. The van der Waals surface area contributed by atoms with Crippen LogP contribution in [0, 0.1) is 11.3 Å². The minimum atomic E-state index is 0.0705. The van der Waals surface area contributed by atoms with Gasteiger partial charge in [0.05, 0.1) is 0 Å². The molecule has 1 aliphatic carbocycles. The molecular weight excluding hydrogens is 262 g/mol. The predicted octanol–water partition coefficient (Wildman–Crippen LogP) is 2.57. The van der Waals surface area contributed by atoms with Gasteiger partial charge in [0, 0.05) is 17.1 Å². The van der Waals surface area contributed by atoms with E-state index in [0.717, 1.165) is 24.6 Å². The second kappa shape index (κ2) is 5.39. The molecule has 1 atom stereocenters. The molecule has 1 aromatic carbocycles. The number of hydrogen-bond acceptors (Lipinski definition) is 3. The van der Waals surface area contributed by atoms with Gasteiger partial charge >= 0.3 is 0 Å². The van der Waals surface area contributed by atoms with Crippen LogP contribution < -0.4 is 11.1 Å². The van der Waals surface area contributed by atoms with Crippen LogP contribution in [-0.2, 0) is 6.54 Å². The SMILES string of the molecule is CC1(C)CC1CNCc1ccc(/C(N)=N/O)cc1Cl. The first-order valence-electron chi connectivity index (χ1n) is 6.41. The van der Waals surface area contributed by atoms with Crippen molar-refractivity contribution < 1.29 is 5.21 Å². The summed E-state index contributed by atoms with van der Waals surface area (Å²) in [4.78, 5) is 0. The highest BCUT2D eigenvalue weighted by molar-refractivity contribution is 6.31. The van der Waals surface area contributed by atoms with Crippen LogP contribution >= 0.6 is 11.6 Å². The summed E-state index contributed by atoms with van der Waals surface area (Å²) >= 11 is 6.19. The lowest BCUT2D eigenvalue weighted by molar-refractivity contribution is 0.318. The Kier molecular flexibility index (Phi) is 4.02. The van der Waals surface area contributed by atoms with Gasteiger partial charge in [-0.05, 0) is 35.9 Å². The molecule has 0 heterocycles. The fraction of sp³-hybridized carbons (Fsp3) is 0.500. The zero-order valence-corrected chi connectivity index (χ0v) is 12.0. The van der Waals surface area contributed by atoms with Crippen molar-refractivity contribution in [2.75, 3.05) is 6.54 Å². The minimum absolute atomic E-state index is 0.0705. The molecule has 19 heavy (non-hydrogen) atoms. The molecule has 5 heteroatoms. The van der Waals surface area contributed by atoms with Gasteiger partial charge in [0.2, 0.25) is 0 Å². The van der Waals surface area contributed by atoms with E-state index in [-0.39, 0.29) is 5.84 Å².